The fraction of sp³-hybridized carbons (Fsp3) is 0.895. The summed E-state index contributed by atoms with van der Waals surface area (Å²) < 4.78 is 0. The highest BCUT2D eigenvalue weighted by Gasteiger charge is 2.29. The zero-order valence-corrected chi connectivity index (χ0v) is 16.6. The Bertz CT molecular complexity index is 382. The van der Waals surface area contributed by atoms with Gasteiger partial charge in [0.15, 0.2) is 0 Å². The number of hydrazine groups is 1. The van der Waals surface area contributed by atoms with Crippen LogP contribution in [0.5, 0.6) is 0 Å². The maximum Gasteiger partial charge on any atom is 0.108 e. The minimum Gasteiger partial charge on any atom is -0.412 e. The normalized spacial score (nSPS) is 36.2. The van der Waals surface area contributed by atoms with Crippen LogP contribution in [0.4, 0.5) is 0 Å². The Hall–Kier alpha value is -0.110. The van der Waals surface area contributed by atoms with Crippen LogP contribution in [0.25, 0.3) is 0 Å². The van der Waals surface area contributed by atoms with Gasteiger partial charge < -0.3 is 5.48 Å². The van der Waals surface area contributed by atoms with Crippen molar-refractivity contribution in [2.45, 2.75) is 63.4 Å². The topological polar surface area (TPSA) is 70.8 Å². The molecule has 4 atom stereocenters. The van der Waals surface area contributed by atoms with Crippen molar-refractivity contribution in [1.82, 2.24) is 21.1 Å². The van der Waals surface area contributed by atoms with Gasteiger partial charge >= 0.3 is 0 Å². The maximum atomic E-state index is 3.61. The molecule has 0 amide bonds. The molecule has 3 fully saturated rings. The number of nitrogens with one attached hydrogen (secondary N) is 3. The Balaban J connectivity index is 0.000000173. The molecule has 4 aliphatic rings. The van der Waals surface area contributed by atoms with E-state index in [2.05, 4.69) is 51.9 Å². The Labute approximate surface area is 158 Å². The molecule has 0 saturated carbocycles. The number of nitrogens with zero attached hydrogens (tertiary/aromatic N) is 1. The molecule has 5 N–H and O–H groups in total. The molecule has 0 aromatic rings. The summed E-state index contributed by atoms with van der Waals surface area (Å²) in [4.78, 5) is 2.59. The number of hydrogen-bond acceptors (Lipinski definition) is 5. The van der Waals surface area contributed by atoms with E-state index >= 15 is 0 Å². The predicted molar refractivity (Wildman–Crippen MR) is 108 cm³/mol. The summed E-state index contributed by atoms with van der Waals surface area (Å²) in [6, 6.07) is 0.668. The van der Waals surface area contributed by atoms with E-state index in [-0.39, 0.29) is 5.48 Å². The first kappa shape index (κ1) is 21.2. The first-order valence-electron chi connectivity index (χ1n) is 10.1. The van der Waals surface area contributed by atoms with E-state index in [0.717, 1.165) is 18.4 Å². The first-order chi connectivity index (χ1) is 11.8. The van der Waals surface area contributed by atoms with Crippen molar-refractivity contribution in [3.05, 3.63) is 12.2 Å². The van der Waals surface area contributed by atoms with Crippen LogP contribution in [0.1, 0.15) is 51.9 Å². The summed E-state index contributed by atoms with van der Waals surface area (Å²) >= 11 is 2.07. The lowest BCUT2D eigenvalue weighted by molar-refractivity contribution is 0.259. The highest BCUT2D eigenvalue weighted by molar-refractivity contribution is 8.00. The predicted octanol–water partition coefficient (Wildman–Crippen LogP) is 2.11. The van der Waals surface area contributed by atoms with Gasteiger partial charge in [0.05, 0.1) is 0 Å². The van der Waals surface area contributed by atoms with Gasteiger partial charge in [-0.1, -0.05) is 31.9 Å². The SMILES string of the molecule is C1CCCN2CCSC2NCC1.CC1CNNC1C1C=CCCC1.O. The van der Waals surface area contributed by atoms with Gasteiger partial charge in [-0.3, -0.25) is 21.1 Å². The quantitative estimate of drug-likeness (QED) is 0.617. The number of allylic oxidation sites excluding steroid dienone is 1. The Morgan fingerprint density at radius 2 is 1.96 bits per heavy atom. The van der Waals surface area contributed by atoms with Crippen LogP contribution in [0.2, 0.25) is 0 Å². The summed E-state index contributed by atoms with van der Waals surface area (Å²) in [6.07, 6.45) is 14.3. The third kappa shape index (κ3) is 6.52. The second kappa shape index (κ2) is 11.6. The molecule has 0 aromatic carbocycles. The lowest BCUT2D eigenvalue weighted by atomic mass is 9.84. The van der Waals surface area contributed by atoms with Crippen LogP contribution in [0, 0.1) is 11.8 Å². The fourth-order valence-corrected chi connectivity index (χ4v) is 5.43. The smallest absolute Gasteiger partial charge is 0.108 e. The van der Waals surface area contributed by atoms with Crippen LogP contribution >= 0.6 is 11.8 Å². The second-order valence-corrected chi connectivity index (χ2v) is 8.87. The lowest BCUT2D eigenvalue weighted by Crippen LogP contribution is -2.39. The summed E-state index contributed by atoms with van der Waals surface area (Å²) in [5.74, 6) is 2.86. The van der Waals surface area contributed by atoms with E-state index in [4.69, 9.17) is 0 Å². The molecule has 1 aliphatic carbocycles. The molecule has 5 nitrogen and oxygen atoms in total. The van der Waals surface area contributed by atoms with Gasteiger partial charge in [0.1, 0.15) is 5.50 Å². The molecule has 4 unspecified atom stereocenters. The third-order valence-electron chi connectivity index (χ3n) is 5.74. The van der Waals surface area contributed by atoms with E-state index in [1.807, 2.05) is 0 Å². The maximum absolute atomic E-state index is 3.61. The highest BCUT2D eigenvalue weighted by atomic mass is 32.2. The van der Waals surface area contributed by atoms with Gasteiger partial charge in [-0.25, -0.2) is 0 Å². The number of thioether (sulfide) groups is 1. The van der Waals surface area contributed by atoms with E-state index in [9.17, 15) is 0 Å². The molecule has 3 heterocycles. The van der Waals surface area contributed by atoms with Gasteiger partial charge in [0.2, 0.25) is 0 Å². The van der Waals surface area contributed by atoms with Crippen molar-refractivity contribution in [3.8, 4) is 0 Å². The molecule has 4 rings (SSSR count). The molecule has 146 valence electrons. The molecule has 0 radical (unpaired) electrons. The van der Waals surface area contributed by atoms with Crippen LogP contribution in [-0.2, 0) is 0 Å². The fourth-order valence-electron chi connectivity index (χ4n) is 4.21. The average molecular weight is 371 g/mol. The van der Waals surface area contributed by atoms with E-state index in [1.165, 1.54) is 70.3 Å². The van der Waals surface area contributed by atoms with Crippen molar-refractivity contribution >= 4 is 11.8 Å². The molecule has 3 saturated heterocycles. The van der Waals surface area contributed by atoms with Crippen LogP contribution in [0.15, 0.2) is 12.2 Å². The standard InChI is InChI=1S/C10H18N2.C9H18N2S.H2O/c1-8-7-11-12-10(8)9-5-3-2-4-6-9;1-2-4-6-11-7-8-12-9(11)10-5-3-1;/h3,5,8-12H,2,4,6-7H2,1H3;9-10H,1-8H2;1H2. The number of fused-ring (bicyclic) bond motifs is 1. The Kier molecular flexibility index (Phi) is 9.81. The summed E-state index contributed by atoms with van der Waals surface area (Å²) in [7, 11) is 0. The molecule has 25 heavy (non-hydrogen) atoms. The zero-order valence-electron chi connectivity index (χ0n) is 15.8. The largest absolute Gasteiger partial charge is 0.412 e. The number of hydrogen-bond donors (Lipinski definition) is 3. The van der Waals surface area contributed by atoms with Crippen molar-refractivity contribution < 1.29 is 5.48 Å². The molecular formula is C19H38N4OS. The van der Waals surface area contributed by atoms with Crippen LogP contribution < -0.4 is 16.2 Å². The van der Waals surface area contributed by atoms with E-state index in [0.29, 0.717) is 11.5 Å². The van der Waals surface area contributed by atoms with Crippen molar-refractivity contribution in [2.75, 3.05) is 31.9 Å². The second-order valence-electron chi connectivity index (χ2n) is 7.68. The van der Waals surface area contributed by atoms with Gasteiger partial charge in [-0.05, 0) is 50.5 Å². The monoisotopic (exact) mass is 370 g/mol. The van der Waals surface area contributed by atoms with E-state index in [1.54, 1.807) is 0 Å². The molecular weight excluding hydrogens is 332 g/mol. The van der Waals surface area contributed by atoms with Crippen molar-refractivity contribution in [1.29, 1.82) is 0 Å². The molecule has 0 bridgehead atoms. The lowest BCUT2D eigenvalue weighted by Gasteiger charge is -2.25. The third-order valence-corrected chi connectivity index (χ3v) is 6.93. The molecule has 6 heteroatoms. The first-order valence-corrected chi connectivity index (χ1v) is 11.1. The summed E-state index contributed by atoms with van der Waals surface area (Å²) in [5, 5.41) is 3.61. The highest BCUT2D eigenvalue weighted by Crippen LogP contribution is 2.25. The van der Waals surface area contributed by atoms with Gasteiger partial charge in [-0.2, -0.15) is 0 Å². The van der Waals surface area contributed by atoms with Gasteiger partial charge in [0.25, 0.3) is 0 Å². The Morgan fingerprint density at radius 1 is 1.08 bits per heavy atom. The van der Waals surface area contributed by atoms with E-state index < -0.39 is 0 Å². The minimum atomic E-state index is 0. The zero-order chi connectivity index (χ0) is 16.6. The number of rotatable bonds is 1. The van der Waals surface area contributed by atoms with Gasteiger partial charge in [-0.15, -0.1) is 11.8 Å². The van der Waals surface area contributed by atoms with Gasteiger partial charge in [0, 0.05) is 31.4 Å². The molecule has 0 spiro atoms. The Morgan fingerprint density at radius 3 is 2.72 bits per heavy atom. The van der Waals surface area contributed by atoms with Crippen molar-refractivity contribution in [2.24, 2.45) is 11.8 Å². The average Bonchev–Trinajstić information content (AvgIpc) is 3.24. The minimum absolute atomic E-state index is 0. The van der Waals surface area contributed by atoms with Crippen LogP contribution in [-0.4, -0.2) is 53.8 Å². The van der Waals surface area contributed by atoms with Crippen molar-refractivity contribution in [3.63, 3.8) is 0 Å². The van der Waals surface area contributed by atoms with Crippen LogP contribution in [0.3, 0.4) is 0 Å². The molecule has 0 aromatic heterocycles. The summed E-state index contributed by atoms with van der Waals surface area (Å²) in [5.41, 5.74) is 7.25. The molecule has 3 aliphatic heterocycles. The summed E-state index contributed by atoms with van der Waals surface area (Å²) in [6.45, 7) is 7.26.